The average Bonchev–Trinajstić information content (AvgIpc) is 3.61. The maximum absolute atomic E-state index is 6.53. The van der Waals surface area contributed by atoms with Gasteiger partial charge in [0.25, 0.3) is 0 Å². The first-order chi connectivity index (χ1) is 22.8. The Hall–Kier alpha value is -6.06. The fourth-order valence-corrected chi connectivity index (χ4v) is 8.12. The first-order valence-electron chi connectivity index (χ1n) is 15.8. The van der Waals surface area contributed by atoms with Gasteiger partial charge in [-0.2, -0.15) is 0 Å². The number of ether oxygens (including phenoxy) is 1. The number of para-hydroxylation sites is 5. The fraction of sp³-hybridized carbons (Fsp3) is 0.0233. The largest absolute Gasteiger partial charge is 0.457 e. The summed E-state index contributed by atoms with van der Waals surface area (Å²) in [4.78, 5) is 0. The Morgan fingerprint density at radius 2 is 1.04 bits per heavy atom. The highest BCUT2D eigenvalue weighted by Crippen LogP contribution is 2.63. The van der Waals surface area contributed by atoms with Crippen LogP contribution in [0.3, 0.4) is 0 Å². The molecule has 0 saturated carbocycles. The molecule has 0 fully saturated rings. The number of hydrogen-bond donors (Lipinski definition) is 1. The summed E-state index contributed by atoms with van der Waals surface area (Å²) in [5.74, 6) is 1.80. The molecule has 1 N–H and O–H groups in total. The van der Waals surface area contributed by atoms with Gasteiger partial charge >= 0.3 is 0 Å². The van der Waals surface area contributed by atoms with E-state index >= 15 is 0 Å². The van der Waals surface area contributed by atoms with Gasteiger partial charge in [0.2, 0.25) is 0 Å². The molecule has 0 saturated heterocycles. The fourth-order valence-electron chi connectivity index (χ4n) is 8.12. The third-order valence-electron chi connectivity index (χ3n) is 9.85. The Morgan fingerprint density at radius 1 is 0.457 bits per heavy atom. The molecule has 1 spiro atoms. The summed E-state index contributed by atoms with van der Waals surface area (Å²) in [6.07, 6.45) is 0. The minimum atomic E-state index is -0.500. The van der Waals surface area contributed by atoms with Crippen molar-refractivity contribution < 1.29 is 4.74 Å². The number of fused-ring (bicyclic) bond motifs is 12. The minimum Gasteiger partial charge on any atom is -0.457 e. The third-order valence-corrected chi connectivity index (χ3v) is 9.85. The minimum absolute atomic E-state index is 0.500. The maximum Gasteiger partial charge on any atom is 0.132 e. The molecule has 0 amide bonds. The zero-order valence-corrected chi connectivity index (χ0v) is 24.9. The Labute approximate surface area is 267 Å². The molecule has 0 bridgehead atoms. The standard InChI is InChI=1S/C43H28N2O/c1-2-14-28(15-3-1)45-38-25-9-5-16-29(38)30-18-12-24-37(42(30)45)44-36-23-13-22-35-41(36)31-17-4-6-19-32(31)43(35)33-20-7-10-26-39(33)46-40-27-11-8-21-34(40)43/h1-27,44H. The van der Waals surface area contributed by atoms with Crippen LogP contribution in [0.25, 0.3) is 38.6 Å². The van der Waals surface area contributed by atoms with Crippen molar-refractivity contribution in [1.82, 2.24) is 4.57 Å². The van der Waals surface area contributed by atoms with E-state index in [1.54, 1.807) is 0 Å². The van der Waals surface area contributed by atoms with Crippen LogP contribution >= 0.6 is 0 Å². The second kappa shape index (κ2) is 9.47. The lowest BCUT2D eigenvalue weighted by Gasteiger charge is -2.39. The highest BCUT2D eigenvalue weighted by Gasteiger charge is 2.51. The molecule has 10 rings (SSSR count). The van der Waals surface area contributed by atoms with E-state index in [-0.39, 0.29) is 0 Å². The molecule has 3 heteroatoms. The van der Waals surface area contributed by atoms with Crippen molar-refractivity contribution in [1.29, 1.82) is 0 Å². The molecule has 2 aliphatic rings. The van der Waals surface area contributed by atoms with Gasteiger partial charge in [-0.1, -0.05) is 121 Å². The summed E-state index contributed by atoms with van der Waals surface area (Å²) in [6, 6.07) is 58.6. The van der Waals surface area contributed by atoms with Crippen molar-refractivity contribution in [2.24, 2.45) is 0 Å². The van der Waals surface area contributed by atoms with Crippen molar-refractivity contribution in [3.8, 4) is 28.3 Å². The predicted molar refractivity (Wildman–Crippen MR) is 188 cm³/mol. The van der Waals surface area contributed by atoms with E-state index in [4.69, 9.17) is 4.74 Å². The van der Waals surface area contributed by atoms with E-state index in [0.717, 1.165) is 34.1 Å². The smallest absolute Gasteiger partial charge is 0.132 e. The lowest BCUT2D eigenvalue weighted by atomic mass is 9.66. The van der Waals surface area contributed by atoms with Gasteiger partial charge in [-0.05, 0) is 59.2 Å². The van der Waals surface area contributed by atoms with Crippen molar-refractivity contribution in [2.75, 3.05) is 5.32 Å². The van der Waals surface area contributed by atoms with Crippen LogP contribution in [-0.4, -0.2) is 4.57 Å². The van der Waals surface area contributed by atoms with E-state index < -0.39 is 5.41 Å². The second-order valence-electron chi connectivity index (χ2n) is 12.1. The molecule has 3 nitrogen and oxygen atoms in total. The van der Waals surface area contributed by atoms with Gasteiger partial charge in [-0.3, -0.25) is 0 Å². The normalized spacial score (nSPS) is 13.6. The van der Waals surface area contributed by atoms with Crippen LogP contribution in [0.1, 0.15) is 22.3 Å². The Morgan fingerprint density at radius 3 is 1.85 bits per heavy atom. The monoisotopic (exact) mass is 588 g/mol. The maximum atomic E-state index is 6.53. The number of hydrogen-bond acceptors (Lipinski definition) is 2. The summed E-state index contributed by atoms with van der Waals surface area (Å²) in [5.41, 5.74) is 12.5. The molecule has 1 aliphatic carbocycles. The molecule has 216 valence electrons. The first-order valence-corrected chi connectivity index (χ1v) is 15.8. The number of nitrogens with zero attached hydrogens (tertiary/aromatic N) is 1. The van der Waals surface area contributed by atoms with Crippen molar-refractivity contribution in [3.63, 3.8) is 0 Å². The van der Waals surface area contributed by atoms with E-state index in [2.05, 4.69) is 174 Å². The molecule has 46 heavy (non-hydrogen) atoms. The van der Waals surface area contributed by atoms with E-state index in [1.165, 1.54) is 49.7 Å². The van der Waals surface area contributed by atoms with Crippen LogP contribution in [-0.2, 0) is 5.41 Å². The zero-order chi connectivity index (χ0) is 30.2. The van der Waals surface area contributed by atoms with Gasteiger partial charge < -0.3 is 14.6 Å². The van der Waals surface area contributed by atoms with Gasteiger partial charge in [0.1, 0.15) is 11.5 Å². The van der Waals surface area contributed by atoms with Crippen LogP contribution in [0.15, 0.2) is 164 Å². The summed E-state index contributed by atoms with van der Waals surface area (Å²) in [7, 11) is 0. The molecule has 7 aromatic carbocycles. The van der Waals surface area contributed by atoms with Crippen LogP contribution in [0.2, 0.25) is 0 Å². The molecule has 0 unspecified atom stereocenters. The van der Waals surface area contributed by atoms with Crippen LogP contribution < -0.4 is 10.1 Å². The van der Waals surface area contributed by atoms with Gasteiger partial charge in [-0.15, -0.1) is 0 Å². The molecular weight excluding hydrogens is 560 g/mol. The van der Waals surface area contributed by atoms with Crippen molar-refractivity contribution in [2.45, 2.75) is 5.41 Å². The number of rotatable bonds is 3. The summed E-state index contributed by atoms with van der Waals surface area (Å²) in [6.45, 7) is 0. The van der Waals surface area contributed by atoms with Crippen LogP contribution in [0.5, 0.6) is 11.5 Å². The summed E-state index contributed by atoms with van der Waals surface area (Å²) >= 11 is 0. The first kappa shape index (κ1) is 25.3. The molecule has 0 radical (unpaired) electrons. The van der Waals surface area contributed by atoms with Gasteiger partial charge in [0.15, 0.2) is 0 Å². The molecule has 1 aliphatic heterocycles. The molecular formula is C43H28N2O. The number of anilines is 2. The topological polar surface area (TPSA) is 26.2 Å². The van der Waals surface area contributed by atoms with Crippen molar-refractivity contribution in [3.05, 3.63) is 186 Å². The lowest BCUT2D eigenvalue weighted by Crippen LogP contribution is -2.32. The predicted octanol–water partition coefficient (Wildman–Crippen LogP) is 11.0. The van der Waals surface area contributed by atoms with E-state index in [0.29, 0.717) is 0 Å². The SMILES string of the molecule is c1ccc(-n2c3ccccc3c3cccc(Nc4cccc5c4-c4ccccc4C54c5ccccc5Oc5ccccc54)c32)cc1. The van der Waals surface area contributed by atoms with Gasteiger partial charge in [-0.25, -0.2) is 0 Å². The van der Waals surface area contributed by atoms with Crippen LogP contribution in [0, 0.1) is 0 Å². The Balaban J connectivity index is 1.26. The van der Waals surface area contributed by atoms with Gasteiger partial charge in [0.05, 0.1) is 22.1 Å². The molecule has 8 aromatic rings. The van der Waals surface area contributed by atoms with Gasteiger partial charge in [0, 0.05) is 38.8 Å². The van der Waals surface area contributed by atoms with E-state index in [9.17, 15) is 0 Å². The Bertz CT molecular complexity index is 2440. The Kier molecular flexibility index (Phi) is 5.20. The molecule has 1 aromatic heterocycles. The number of benzene rings is 7. The third kappa shape index (κ3) is 3.26. The van der Waals surface area contributed by atoms with Crippen LogP contribution in [0.4, 0.5) is 11.4 Å². The number of nitrogens with one attached hydrogen (secondary N) is 1. The summed E-state index contributed by atoms with van der Waals surface area (Å²) < 4.78 is 8.92. The molecule has 2 heterocycles. The van der Waals surface area contributed by atoms with E-state index in [1.807, 2.05) is 0 Å². The lowest BCUT2D eigenvalue weighted by molar-refractivity contribution is 0.436. The molecule has 0 atom stereocenters. The highest BCUT2D eigenvalue weighted by molar-refractivity contribution is 6.14. The summed E-state index contributed by atoms with van der Waals surface area (Å²) in [5, 5.41) is 6.44. The second-order valence-corrected chi connectivity index (χ2v) is 12.1. The average molecular weight is 589 g/mol. The highest BCUT2D eigenvalue weighted by atomic mass is 16.5. The zero-order valence-electron chi connectivity index (χ0n) is 24.9. The quantitative estimate of drug-likeness (QED) is 0.222. The number of aromatic nitrogens is 1. The van der Waals surface area contributed by atoms with Crippen molar-refractivity contribution >= 4 is 33.2 Å².